The Labute approximate surface area is 101 Å². The molecule has 100 valence electrons. The van der Waals surface area contributed by atoms with Gasteiger partial charge in [-0.1, -0.05) is 12.2 Å². The van der Waals surface area contributed by atoms with E-state index in [-0.39, 0.29) is 0 Å². The van der Waals surface area contributed by atoms with E-state index in [1.807, 2.05) is 0 Å². The zero-order valence-corrected chi connectivity index (χ0v) is 9.35. The SMILES string of the molecule is O=C1C2CC=CCC2C(=O)N1CC(O)C(F)(F)F. The van der Waals surface area contributed by atoms with Gasteiger partial charge in [0, 0.05) is 0 Å². The van der Waals surface area contributed by atoms with Gasteiger partial charge in [0.2, 0.25) is 11.8 Å². The maximum absolute atomic E-state index is 12.2. The highest BCUT2D eigenvalue weighted by Gasteiger charge is 2.50. The van der Waals surface area contributed by atoms with Gasteiger partial charge in [0.05, 0.1) is 18.4 Å². The Kier molecular flexibility index (Phi) is 3.18. The van der Waals surface area contributed by atoms with Crippen LogP contribution in [0.4, 0.5) is 13.2 Å². The van der Waals surface area contributed by atoms with Crippen LogP contribution in [0.5, 0.6) is 0 Å². The molecule has 1 heterocycles. The molecule has 1 aliphatic carbocycles. The van der Waals surface area contributed by atoms with Crippen molar-refractivity contribution in [3.05, 3.63) is 12.2 Å². The second kappa shape index (κ2) is 4.38. The molecule has 7 heteroatoms. The standard InChI is InChI=1S/C11H12F3NO3/c12-11(13,14)8(16)5-15-9(17)6-3-1-2-4-7(6)10(15)18/h1-2,6-8,16H,3-5H2. The lowest BCUT2D eigenvalue weighted by Gasteiger charge is -2.20. The fraction of sp³-hybridized carbons (Fsp3) is 0.636. The van der Waals surface area contributed by atoms with Crippen LogP contribution in [0.25, 0.3) is 0 Å². The van der Waals surface area contributed by atoms with Crippen molar-refractivity contribution >= 4 is 11.8 Å². The molecular weight excluding hydrogens is 251 g/mol. The van der Waals surface area contributed by atoms with Crippen molar-refractivity contribution in [2.45, 2.75) is 25.1 Å². The Bertz CT molecular complexity index is 379. The number of halogens is 3. The molecule has 0 aromatic heterocycles. The first-order valence-electron chi connectivity index (χ1n) is 5.57. The van der Waals surface area contributed by atoms with E-state index >= 15 is 0 Å². The van der Waals surface area contributed by atoms with Crippen LogP contribution in [-0.4, -0.2) is 40.6 Å². The Morgan fingerprint density at radius 3 is 2.06 bits per heavy atom. The van der Waals surface area contributed by atoms with E-state index in [9.17, 15) is 22.8 Å². The first kappa shape index (κ1) is 13.1. The summed E-state index contributed by atoms with van der Waals surface area (Å²) >= 11 is 0. The second-order valence-electron chi connectivity index (χ2n) is 4.50. The Morgan fingerprint density at radius 1 is 1.22 bits per heavy atom. The molecule has 0 spiro atoms. The second-order valence-corrected chi connectivity index (χ2v) is 4.50. The van der Waals surface area contributed by atoms with Gasteiger partial charge < -0.3 is 5.11 Å². The highest BCUT2D eigenvalue weighted by Crippen LogP contribution is 2.35. The molecule has 0 aromatic carbocycles. The fourth-order valence-electron chi connectivity index (χ4n) is 2.33. The van der Waals surface area contributed by atoms with E-state index in [1.54, 1.807) is 12.2 Å². The quantitative estimate of drug-likeness (QED) is 0.594. The van der Waals surface area contributed by atoms with E-state index in [4.69, 9.17) is 5.11 Å². The number of rotatable bonds is 2. The zero-order valence-electron chi connectivity index (χ0n) is 9.35. The molecule has 0 bridgehead atoms. The average molecular weight is 263 g/mol. The number of alkyl halides is 3. The molecule has 1 saturated heterocycles. The summed E-state index contributed by atoms with van der Waals surface area (Å²) in [6, 6.07) is 0. The predicted molar refractivity (Wildman–Crippen MR) is 54.1 cm³/mol. The molecule has 0 aromatic rings. The van der Waals surface area contributed by atoms with Gasteiger partial charge in [0.15, 0.2) is 6.10 Å². The van der Waals surface area contributed by atoms with E-state index in [2.05, 4.69) is 0 Å². The molecular formula is C11H12F3NO3. The van der Waals surface area contributed by atoms with E-state index < -0.39 is 42.5 Å². The summed E-state index contributed by atoms with van der Waals surface area (Å²) in [5, 5.41) is 8.93. The third-order valence-corrected chi connectivity index (χ3v) is 3.33. The number of carbonyl (C=O) groups excluding carboxylic acids is 2. The molecule has 0 radical (unpaired) electrons. The monoisotopic (exact) mass is 263 g/mol. The number of allylic oxidation sites excluding steroid dienone is 2. The van der Waals surface area contributed by atoms with Gasteiger partial charge >= 0.3 is 6.18 Å². The Balaban J connectivity index is 2.11. The van der Waals surface area contributed by atoms with Crippen molar-refractivity contribution in [2.24, 2.45) is 11.8 Å². The molecule has 4 nitrogen and oxygen atoms in total. The summed E-state index contributed by atoms with van der Waals surface area (Å²) < 4.78 is 36.6. The molecule has 1 aliphatic heterocycles. The normalized spacial score (nSPS) is 29.7. The third-order valence-electron chi connectivity index (χ3n) is 3.33. The summed E-state index contributed by atoms with van der Waals surface area (Å²) in [5.41, 5.74) is 0. The van der Waals surface area contributed by atoms with Crippen molar-refractivity contribution in [3.8, 4) is 0 Å². The number of aliphatic hydroxyl groups is 1. The van der Waals surface area contributed by atoms with Gasteiger partial charge in [-0.2, -0.15) is 13.2 Å². The van der Waals surface area contributed by atoms with E-state index in [1.165, 1.54) is 0 Å². The summed E-state index contributed by atoms with van der Waals surface area (Å²) in [6.07, 6.45) is -3.28. The van der Waals surface area contributed by atoms with Crippen LogP contribution in [0.1, 0.15) is 12.8 Å². The van der Waals surface area contributed by atoms with Gasteiger partial charge in [0.25, 0.3) is 0 Å². The lowest BCUT2D eigenvalue weighted by atomic mass is 9.85. The molecule has 0 saturated carbocycles. The van der Waals surface area contributed by atoms with Gasteiger partial charge in [-0.05, 0) is 12.8 Å². The minimum absolute atomic E-state index is 0.369. The molecule has 2 amide bonds. The van der Waals surface area contributed by atoms with E-state index in [0.717, 1.165) is 0 Å². The topological polar surface area (TPSA) is 57.6 Å². The first-order chi connectivity index (χ1) is 8.32. The highest BCUT2D eigenvalue weighted by atomic mass is 19.4. The number of hydrogen-bond acceptors (Lipinski definition) is 3. The lowest BCUT2D eigenvalue weighted by molar-refractivity contribution is -0.207. The average Bonchev–Trinajstić information content (AvgIpc) is 2.54. The summed E-state index contributed by atoms with van der Waals surface area (Å²) in [5.74, 6) is -2.36. The van der Waals surface area contributed by atoms with Crippen molar-refractivity contribution in [1.29, 1.82) is 0 Å². The Morgan fingerprint density at radius 2 is 1.67 bits per heavy atom. The summed E-state index contributed by atoms with van der Waals surface area (Å²) in [6.45, 7) is -1.01. The molecule has 2 rings (SSSR count). The van der Waals surface area contributed by atoms with Crippen LogP contribution in [-0.2, 0) is 9.59 Å². The van der Waals surface area contributed by atoms with Crippen LogP contribution >= 0.6 is 0 Å². The molecule has 3 atom stereocenters. The van der Waals surface area contributed by atoms with Crippen LogP contribution in [0.3, 0.4) is 0 Å². The Hall–Kier alpha value is -1.37. The number of β-amino-alcohol motifs (C(OH)–C–C–N with tert-alkyl or cyclic N) is 1. The van der Waals surface area contributed by atoms with Crippen molar-refractivity contribution in [2.75, 3.05) is 6.54 Å². The zero-order chi connectivity index (χ0) is 13.5. The smallest absolute Gasteiger partial charge is 0.382 e. The number of amides is 2. The minimum Gasteiger partial charge on any atom is -0.382 e. The van der Waals surface area contributed by atoms with Crippen LogP contribution in [0.2, 0.25) is 0 Å². The molecule has 2 aliphatic rings. The van der Waals surface area contributed by atoms with Crippen LogP contribution in [0.15, 0.2) is 12.2 Å². The maximum atomic E-state index is 12.2. The first-order valence-corrected chi connectivity index (χ1v) is 5.57. The number of fused-ring (bicyclic) bond motifs is 1. The van der Waals surface area contributed by atoms with Gasteiger partial charge in [-0.25, -0.2) is 0 Å². The number of aliphatic hydroxyl groups excluding tert-OH is 1. The number of carbonyl (C=O) groups is 2. The van der Waals surface area contributed by atoms with Crippen molar-refractivity contribution in [1.82, 2.24) is 4.90 Å². The fourth-order valence-corrected chi connectivity index (χ4v) is 2.33. The largest absolute Gasteiger partial charge is 0.416 e. The van der Waals surface area contributed by atoms with Gasteiger partial charge in [0.1, 0.15) is 0 Å². The molecule has 1 N–H and O–H groups in total. The molecule has 18 heavy (non-hydrogen) atoms. The highest BCUT2D eigenvalue weighted by molar-refractivity contribution is 6.05. The van der Waals surface area contributed by atoms with Crippen LogP contribution in [0, 0.1) is 11.8 Å². The van der Waals surface area contributed by atoms with Gasteiger partial charge in [-0.15, -0.1) is 0 Å². The van der Waals surface area contributed by atoms with Crippen molar-refractivity contribution in [3.63, 3.8) is 0 Å². The third kappa shape index (κ3) is 2.14. The van der Waals surface area contributed by atoms with Crippen LogP contribution < -0.4 is 0 Å². The summed E-state index contributed by atoms with van der Waals surface area (Å²) in [4.78, 5) is 24.2. The van der Waals surface area contributed by atoms with Crippen molar-refractivity contribution < 1.29 is 27.9 Å². The minimum atomic E-state index is -4.83. The summed E-state index contributed by atoms with van der Waals surface area (Å²) in [7, 11) is 0. The number of imide groups is 1. The van der Waals surface area contributed by atoms with Gasteiger partial charge in [-0.3, -0.25) is 14.5 Å². The molecule has 1 fully saturated rings. The number of hydrogen-bond donors (Lipinski definition) is 1. The lowest BCUT2D eigenvalue weighted by Crippen LogP contribution is -2.44. The number of nitrogens with zero attached hydrogens (tertiary/aromatic N) is 1. The number of likely N-dealkylation sites (tertiary alicyclic amines) is 1. The van der Waals surface area contributed by atoms with E-state index in [0.29, 0.717) is 17.7 Å². The molecule has 3 unspecified atom stereocenters. The predicted octanol–water partition coefficient (Wildman–Crippen LogP) is 0.861. The maximum Gasteiger partial charge on any atom is 0.416 e.